The van der Waals surface area contributed by atoms with Crippen LogP contribution in [0, 0.1) is 0 Å². The van der Waals surface area contributed by atoms with Crippen LogP contribution in [0.25, 0.3) is 0 Å². The van der Waals surface area contributed by atoms with E-state index >= 15 is 0 Å². The second-order valence-electron chi connectivity index (χ2n) is 8.77. The first kappa shape index (κ1) is 25.7. The molecule has 2 aromatic rings. The maximum absolute atomic E-state index is 12.4. The molecule has 1 N–H and O–H groups in total. The van der Waals surface area contributed by atoms with Gasteiger partial charge in [0.05, 0.1) is 31.4 Å². The normalized spacial score (nSPS) is 13.2. The Kier molecular flexibility index (Phi) is 8.98. The lowest BCUT2D eigenvalue weighted by atomic mass is 10.1. The molecule has 0 fully saturated rings. The van der Waals surface area contributed by atoms with Gasteiger partial charge in [0, 0.05) is 11.6 Å². The monoisotopic (exact) mass is 513 g/mol. The molecule has 0 bridgehead atoms. The minimum atomic E-state index is -0.565. The summed E-state index contributed by atoms with van der Waals surface area (Å²) in [5.74, 6) is 0. The van der Waals surface area contributed by atoms with Crippen LogP contribution < -0.4 is 5.32 Å². The summed E-state index contributed by atoms with van der Waals surface area (Å²) in [6.45, 7) is 16.4. The Balaban J connectivity index is 2.43. The van der Waals surface area contributed by atoms with Crippen LogP contribution >= 0.6 is 27.5 Å². The molecule has 0 aliphatic heterocycles. The number of halogens is 2. The average molecular weight is 515 g/mol. The number of hydrogen-bond donors (Lipinski definition) is 1. The molecule has 172 valence electrons. The number of quaternary nitrogens is 1. The van der Waals surface area contributed by atoms with E-state index in [4.69, 9.17) is 21.4 Å². The number of benzene rings is 1. The number of nitrogens with one attached hydrogen (secondary N) is 1. The van der Waals surface area contributed by atoms with Gasteiger partial charge in [0.1, 0.15) is 16.7 Å². The fourth-order valence-electron chi connectivity index (χ4n) is 3.71. The van der Waals surface area contributed by atoms with Crippen LogP contribution in [0.15, 0.2) is 34.9 Å². The highest BCUT2D eigenvalue weighted by Crippen LogP contribution is 2.29. The molecular weight excluding hydrogens is 480 g/mol. The molecule has 0 aliphatic carbocycles. The van der Waals surface area contributed by atoms with Crippen molar-refractivity contribution in [3.63, 3.8) is 0 Å². The lowest BCUT2D eigenvalue weighted by Crippen LogP contribution is -2.47. The molecule has 1 aromatic heterocycles. The van der Waals surface area contributed by atoms with Gasteiger partial charge in [-0.1, -0.05) is 29.8 Å². The van der Waals surface area contributed by atoms with Crippen LogP contribution in [-0.2, 0) is 11.3 Å². The molecule has 1 unspecified atom stereocenters. The van der Waals surface area contributed by atoms with E-state index in [1.54, 1.807) is 0 Å². The number of alkyl carbamates (subject to hydrolysis) is 1. The van der Waals surface area contributed by atoms with E-state index in [2.05, 4.69) is 48.1 Å². The van der Waals surface area contributed by atoms with Crippen LogP contribution in [-0.4, -0.2) is 52.1 Å². The molecule has 6 nitrogen and oxygen atoms in total. The molecular formula is C23H35BrClN4O2+. The smallest absolute Gasteiger partial charge is 0.407 e. The third-order valence-corrected chi connectivity index (χ3v) is 6.42. The van der Waals surface area contributed by atoms with Crippen molar-refractivity contribution in [2.75, 3.05) is 26.2 Å². The number of ether oxygens (including phenoxy) is 1. The van der Waals surface area contributed by atoms with Crippen LogP contribution in [0.5, 0.6) is 0 Å². The predicted octanol–water partition coefficient (Wildman–Crippen LogP) is 5.79. The number of amides is 1. The van der Waals surface area contributed by atoms with Crippen molar-refractivity contribution in [2.24, 2.45) is 0 Å². The van der Waals surface area contributed by atoms with Crippen LogP contribution in [0.2, 0.25) is 5.02 Å². The third-order valence-electron chi connectivity index (χ3n) is 5.69. The zero-order valence-electron chi connectivity index (χ0n) is 19.4. The number of carbonyl (C=O) groups excluding carboxylic acids is 1. The molecule has 0 aliphatic rings. The first-order chi connectivity index (χ1) is 14.5. The molecule has 0 saturated carbocycles. The molecule has 31 heavy (non-hydrogen) atoms. The van der Waals surface area contributed by atoms with Crippen LogP contribution in [0.1, 0.15) is 58.8 Å². The Morgan fingerprint density at radius 2 is 1.84 bits per heavy atom. The lowest BCUT2D eigenvalue weighted by molar-refractivity contribution is -0.936. The summed E-state index contributed by atoms with van der Waals surface area (Å²) in [7, 11) is 0. The van der Waals surface area contributed by atoms with Gasteiger partial charge in [0.2, 0.25) is 0 Å². The van der Waals surface area contributed by atoms with Crippen LogP contribution in [0.4, 0.5) is 4.79 Å². The molecule has 1 amide bonds. The Labute approximate surface area is 199 Å². The second kappa shape index (κ2) is 10.8. The zero-order chi connectivity index (χ0) is 23.2. The van der Waals surface area contributed by atoms with E-state index in [9.17, 15) is 4.79 Å². The van der Waals surface area contributed by atoms with E-state index < -0.39 is 11.7 Å². The predicted molar refractivity (Wildman–Crippen MR) is 129 cm³/mol. The van der Waals surface area contributed by atoms with Crippen molar-refractivity contribution in [1.29, 1.82) is 0 Å². The minimum Gasteiger partial charge on any atom is -0.444 e. The highest BCUT2D eigenvalue weighted by Gasteiger charge is 2.28. The Hall–Kier alpha value is -1.57. The molecule has 1 atom stereocenters. The quantitative estimate of drug-likeness (QED) is 0.431. The van der Waals surface area contributed by atoms with Gasteiger partial charge < -0.3 is 14.5 Å². The molecule has 0 radical (unpaired) electrons. The molecule has 2 rings (SSSR count). The lowest BCUT2D eigenvalue weighted by Gasteiger charge is -2.36. The summed E-state index contributed by atoms with van der Waals surface area (Å²) < 4.78 is 9.13. The van der Waals surface area contributed by atoms with E-state index in [-0.39, 0.29) is 6.04 Å². The molecule has 0 saturated heterocycles. The second-order valence-corrected chi connectivity index (χ2v) is 9.99. The zero-order valence-corrected chi connectivity index (χ0v) is 21.8. The first-order valence-corrected chi connectivity index (χ1v) is 12.0. The highest BCUT2D eigenvalue weighted by molar-refractivity contribution is 9.10. The van der Waals surface area contributed by atoms with Gasteiger partial charge in [-0.15, -0.1) is 0 Å². The minimum absolute atomic E-state index is 0.269. The number of nitrogens with zero attached hydrogens (tertiary/aromatic N) is 3. The number of aromatic nitrogens is 2. The van der Waals surface area contributed by atoms with Gasteiger partial charge in [-0.05, 0) is 75.2 Å². The topological polar surface area (TPSA) is 56.2 Å². The van der Waals surface area contributed by atoms with E-state index in [1.807, 2.05) is 49.7 Å². The van der Waals surface area contributed by atoms with Crippen molar-refractivity contribution in [2.45, 2.75) is 59.7 Å². The van der Waals surface area contributed by atoms with Crippen molar-refractivity contribution in [1.82, 2.24) is 15.1 Å². The SMILES string of the molecule is CC[N+](CC)(CC)Cc1cc(Br)nn1C(CNC(=O)OC(C)(C)C)c1ccccc1Cl. The summed E-state index contributed by atoms with van der Waals surface area (Å²) in [5, 5.41) is 8.28. The van der Waals surface area contributed by atoms with Crippen molar-refractivity contribution in [3.05, 3.63) is 51.2 Å². The Morgan fingerprint density at radius 1 is 1.23 bits per heavy atom. The summed E-state index contributed by atoms with van der Waals surface area (Å²) in [5.41, 5.74) is 1.43. The average Bonchev–Trinajstić information content (AvgIpc) is 3.06. The molecule has 0 spiro atoms. The molecule has 8 heteroatoms. The standard InChI is InChI=1S/C23H34BrClN4O2/c1-7-29(8-2,9-3)16-17-14-21(24)27-28(17)20(18-12-10-11-13-19(18)25)15-26-22(30)31-23(4,5)6/h10-14,20H,7-9,15-16H2,1-6H3/p+1. The van der Waals surface area contributed by atoms with E-state index in [1.165, 1.54) is 0 Å². The summed E-state index contributed by atoms with van der Waals surface area (Å²) in [4.78, 5) is 12.4. The van der Waals surface area contributed by atoms with Gasteiger partial charge in [-0.3, -0.25) is 4.68 Å². The van der Waals surface area contributed by atoms with Crippen molar-refractivity contribution in [3.8, 4) is 0 Å². The number of rotatable bonds is 9. The Morgan fingerprint density at radius 3 is 2.39 bits per heavy atom. The maximum Gasteiger partial charge on any atom is 0.407 e. The van der Waals surface area contributed by atoms with E-state index in [0.717, 1.165) is 46.5 Å². The van der Waals surface area contributed by atoms with Crippen molar-refractivity contribution < 1.29 is 14.0 Å². The van der Waals surface area contributed by atoms with Crippen LogP contribution in [0.3, 0.4) is 0 Å². The largest absolute Gasteiger partial charge is 0.444 e. The maximum atomic E-state index is 12.4. The highest BCUT2D eigenvalue weighted by atomic mass is 79.9. The van der Waals surface area contributed by atoms with Crippen molar-refractivity contribution >= 4 is 33.6 Å². The molecule has 1 heterocycles. The third kappa shape index (κ3) is 6.96. The van der Waals surface area contributed by atoms with Gasteiger partial charge >= 0.3 is 6.09 Å². The summed E-state index contributed by atoms with van der Waals surface area (Å²) >= 11 is 10.1. The van der Waals surface area contributed by atoms with E-state index in [0.29, 0.717) is 11.6 Å². The molecule has 1 aromatic carbocycles. The number of hydrogen-bond acceptors (Lipinski definition) is 3. The first-order valence-electron chi connectivity index (χ1n) is 10.8. The fourth-order valence-corrected chi connectivity index (χ4v) is 4.40. The van der Waals surface area contributed by atoms with Gasteiger partial charge in [0.25, 0.3) is 0 Å². The summed E-state index contributed by atoms with van der Waals surface area (Å²) in [6.07, 6.45) is -0.460. The van der Waals surface area contributed by atoms with Gasteiger partial charge in [-0.2, -0.15) is 5.10 Å². The fraction of sp³-hybridized carbons (Fsp3) is 0.565. The summed E-state index contributed by atoms with van der Waals surface area (Å²) in [6, 6.07) is 9.48. The van der Waals surface area contributed by atoms with Gasteiger partial charge in [0.15, 0.2) is 0 Å². The Bertz CT molecular complexity index is 866. The van der Waals surface area contributed by atoms with Gasteiger partial charge in [-0.25, -0.2) is 4.79 Å². The number of carbonyl (C=O) groups is 1.